The maximum absolute atomic E-state index is 12.1. The van der Waals surface area contributed by atoms with Gasteiger partial charge in [-0.05, 0) is 30.7 Å². The van der Waals surface area contributed by atoms with E-state index in [9.17, 15) is 13.2 Å². The molecule has 2 rings (SSSR count). The highest BCUT2D eigenvalue weighted by Gasteiger charge is 2.22. The molecule has 23 heavy (non-hydrogen) atoms. The van der Waals surface area contributed by atoms with E-state index in [2.05, 4.69) is 10.5 Å². The molecule has 0 saturated carbocycles. The average Bonchev–Trinajstić information content (AvgIpc) is 2.48. The number of hydrogen-bond donors (Lipinski definition) is 1. The van der Waals surface area contributed by atoms with Gasteiger partial charge in [-0.25, -0.2) is 13.8 Å². The topological polar surface area (TPSA) is 84.8 Å². The highest BCUT2D eigenvalue weighted by molar-refractivity contribution is 7.90. The lowest BCUT2D eigenvalue weighted by molar-refractivity contribution is -0.121. The number of allylic oxidation sites excluding steroid dienone is 2. The van der Waals surface area contributed by atoms with E-state index in [0.717, 1.165) is 0 Å². The molecule has 0 aliphatic carbocycles. The van der Waals surface area contributed by atoms with Crippen LogP contribution in [0.4, 0.5) is 0 Å². The monoisotopic (exact) mass is 336 g/mol. The molecule has 0 spiro atoms. The van der Waals surface area contributed by atoms with Crippen LogP contribution in [0, 0.1) is 5.92 Å². The largest absolute Gasteiger partial charge is 0.496 e. The molecule has 1 aliphatic heterocycles. The fourth-order valence-corrected chi connectivity index (χ4v) is 3.47. The number of hydrogen-bond acceptors (Lipinski definition) is 5. The van der Waals surface area contributed by atoms with Gasteiger partial charge in [-0.2, -0.15) is 5.10 Å². The lowest BCUT2D eigenvalue weighted by Gasteiger charge is -2.18. The Hall–Kier alpha value is -2.15. The first-order valence-electron chi connectivity index (χ1n) is 7.16. The smallest absolute Gasteiger partial charge is 0.240 e. The Labute approximate surface area is 136 Å². The second-order valence-corrected chi connectivity index (χ2v) is 7.59. The van der Waals surface area contributed by atoms with Crippen molar-refractivity contribution < 1.29 is 17.9 Å². The third-order valence-corrected chi connectivity index (χ3v) is 4.81. The molecule has 0 radical (unpaired) electrons. The van der Waals surface area contributed by atoms with E-state index in [1.54, 1.807) is 31.2 Å². The SMILES string of the molecule is COc1cccc(S(C)(=O)=O)c1C(C)=CC1=NNC(=O)CC1C. The van der Waals surface area contributed by atoms with E-state index >= 15 is 0 Å². The Morgan fingerprint density at radius 3 is 2.70 bits per heavy atom. The lowest BCUT2D eigenvalue weighted by atomic mass is 9.96. The summed E-state index contributed by atoms with van der Waals surface area (Å²) in [5.74, 6) is 0.325. The summed E-state index contributed by atoms with van der Waals surface area (Å²) in [6.07, 6.45) is 3.31. The van der Waals surface area contributed by atoms with Crippen LogP contribution in [0.5, 0.6) is 5.75 Å². The van der Waals surface area contributed by atoms with E-state index < -0.39 is 9.84 Å². The maximum Gasteiger partial charge on any atom is 0.240 e. The number of benzene rings is 1. The molecule has 1 unspecified atom stereocenters. The summed E-state index contributed by atoms with van der Waals surface area (Å²) in [6.45, 7) is 3.71. The molecule has 0 saturated heterocycles. The Bertz CT molecular complexity index is 794. The number of ether oxygens (including phenoxy) is 1. The molecule has 1 amide bonds. The predicted octanol–water partition coefficient (Wildman–Crippen LogP) is 2.01. The second kappa shape index (κ2) is 6.54. The lowest BCUT2D eigenvalue weighted by Crippen LogP contribution is -2.30. The predicted molar refractivity (Wildman–Crippen MR) is 89.1 cm³/mol. The number of carbonyl (C=O) groups excluding carboxylic acids is 1. The van der Waals surface area contributed by atoms with Crippen LogP contribution in [0.25, 0.3) is 5.57 Å². The highest BCUT2D eigenvalue weighted by Crippen LogP contribution is 2.32. The van der Waals surface area contributed by atoms with Crippen LogP contribution in [0.3, 0.4) is 0 Å². The van der Waals surface area contributed by atoms with Gasteiger partial charge in [0.25, 0.3) is 0 Å². The summed E-state index contributed by atoms with van der Waals surface area (Å²) >= 11 is 0. The van der Waals surface area contributed by atoms with E-state index in [1.807, 2.05) is 6.92 Å². The highest BCUT2D eigenvalue weighted by atomic mass is 32.2. The third-order valence-electron chi connectivity index (χ3n) is 3.67. The van der Waals surface area contributed by atoms with Crippen LogP contribution in [0.15, 0.2) is 34.3 Å². The summed E-state index contributed by atoms with van der Waals surface area (Å²) < 4.78 is 29.4. The molecule has 0 fully saturated rings. The Morgan fingerprint density at radius 1 is 1.43 bits per heavy atom. The Kier molecular flexibility index (Phi) is 4.89. The first-order valence-corrected chi connectivity index (χ1v) is 9.05. The first kappa shape index (κ1) is 17.2. The minimum atomic E-state index is -3.40. The molecule has 1 aromatic rings. The van der Waals surface area contributed by atoms with Gasteiger partial charge in [0.2, 0.25) is 5.91 Å². The van der Waals surface area contributed by atoms with Crippen LogP contribution < -0.4 is 10.2 Å². The van der Waals surface area contributed by atoms with Crippen molar-refractivity contribution >= 4 is 27.0 Å². The van der Waals surface area contributed by atoms with E-state index in [-0.39, 0.29) is 16.7 Å². The number of methoxy groups -OCH3 is 1. The summed E-state index contributed by atoms with van der Waals surface area (Å²) in [7, 11) is -1.91. The Morgan fingerprint density at radius 2 is 2.13 bits per heavy atom. The molecule has 0 bridgehead atoms. The van der Waals surface area contributed by atoms with Crippen molar-refractivity contribution in [2.24, 2.45) is 11.0 Å². The minimum Gasteiger partial charge on any atom is -0.496 e. The van der Waals surface area contributed by atoms with E-state index in [4.69, 9.17) is 4.74 Å². The van der Waals surface area contributed by atoms with Crippen LogP contribution in [-0.4, -0.2) is 33.4 Å². The molecule has 7 heteroatoms. The third kappa shape index (κ3) is 3.79. The zero-order chi connectivity index (χ0) is 17.2. The van der Waals surface area contributed by atoms with Crippen LogP contribution in [0.1, 0.15) is 25.8 Å². The number of sulfone groups is 1. The molecule has 124 valence electrons. The zero-order valence-corrected chi connectivity index (χ0v) is 14.4. The van der Waals surface area contributed by atoms with E-state index in [1.165, 1.54) is 13.4 Å². The number of carbonyl (C=O) groups is 1. The van der Waals surface area contributed by atoms with Crippen molar-refractivity contribution in [3.8, 4) is 5.75 Å². The van der Waals surface area contributed by atoms with Gasteiger partial charge in [0, 0.05) is 24.2 Å². The average molecular weight is 336 g/mol. The summed E-state index contributed by atoms with van der Waals surface area (Å²) in [5, 5.41) is 4.05. The first-order chi connectivity index (χ1) is 10.7. The number of hydrazone groups is 1. The van der Waals surface area contributed by atoms with Gasteiger partial charge in [0.15, 0.2) is 9.84 Å². The van der Waals surface area contributed by atoms with Crippen LogP contribution in [0.2, 0.25) is 0 Å². The van der Waals surface area contributed by atoms with Crippen molar-refractivity contribution in [3.63, 3.8) is 0 Å². The van der Waals surface area contributed by atoms with Gasteiger partial charge in [0.05, 0.1) is 17.7 Å². The summed E-state index contributed by atoms with van der Waals surface area (Å²) in [5.41, 5.74) is 4.38. The standard InChI is InChI=1S/C16H20N2O4S/c1-10-9-15(19)18-17-12(10)8-11(2)16-13(22-3)6-5-7-14(16)23(4,20)21/h5-8,10H,9H2,1-4H3,(H,18,19). The van der Waals surface area contributed by atoms with Crippen molar-refractivity contribution in [2.75, 3.05) is 13.4 Å². The Balaban J connectivity index is 2.57. The van der Waals surface area contributed by atoms with E-state index in [0.29, 0.717) is 29.0 Å². The molecule has 1 aromatic carbocycles. The fraction of sp³-hybridized carbons (Fsp3) is 0.375. The van der Waals surface area contributed by atoms with Crippen molar-refractivity contribution in [2.45, 2.75) is 25.2 Å². The minimum absolute atomic E-state index is 0.0323. The second-order valence-electron chi connectivity index (χ2n) is 5.61. The van der Waals surface area contributed by atoms with Crippen molar-refractivity contribution in [1.29, 1.82) is 0 Å². The molecule has 0 aromatic heterocycles. The molecular weight excluding hydrogens is 316 g/mol. The molecule has 1 heterocycles. The van der Waals surface area contributed by atoms with Crippen LogP contribution >= 0.6 is 0 Å². The number of amides is 1. The van der Waals surface area contributed by atoms with Gasteiger partial charge in [-0.3, -0.25) is 4.79 Å². The summed E-state index contributed by atoms with van der Waals surface area (Å²) in [4.78, 5) is 11.5. The van der Waals surface area contributed by atoms with Gasteiger partial charge < -0.3 is 4.74 Å². The van der Waals surface area contributed by atoms with Gasteiger partial charge in [-0.15, -0.1) is 0 Å². The summed E-state index contributed by atoms with van der Waals surface area (Å²) in [6, 6.07) is 4.92. The molecule has 6 nitrogen and oxygen atoms in total. The zero-order valence-electron chi connectivity index (χ0n) is 13.6. The molecule has 1 atom stereocenters. The molecule has 1 aliphatic rings. The van der Waals surface area contributed by atoms with Crippen LogP contribution in [-0.2, 0) is 14.6 Å². The fourth-order valence-electron chi connectivity index (χ4n) is 2.51. The quantitative estimate of drug-likeness (QED) is 0.911. The molecule has 1 N–H and O–H groups in total. The van der Waals surface area contributed by atoms with Gasteiger partial charge in [-0.1, -0.05) is 13.0 Å². The maximum atomic E-state index is 12.1. The number of nitrogens with zero attached hydrogens (tertiary/aromatic N) is 1. The molecular formula is C16H20N2O4S. The normalized spacial score (nSPS) is 19.1. The van der Waals surface area contributed by atoms with Gasteiger partial charge >= 0.3 is 0 Å². The van der Waals surface area contributed by atoms with Gasteiger partial charge in [0.1, 0.15) is 5.75 Å². The number of rotatable bonds is 4. The number of nitrogens with one attached hydrogen (secondary N) is 1. The van der Waals surface area contributed by atoms with Crippen molar-refractivity contribution in [1.82, 2.24) is 5.43 Å². The van der Waals surface area contributed by atoms with Crippen molar-refractivity contribution in [3.05, 3.63) is 29.8 Å².